The van der Waals surface area contributed by atoms with Gasteiger partial charge in [-0.2, -0.15) is 4.39 Å². The smallest absolute Gasteiger partial charge is 0.201 e. The molecule has 0 aliphatic carbocycles. The molecule has 0 spiro atoms. The number of benzene rings is 2. The fraction of sp³-hybridized carbons (Fsp3) is 0.143. The molecule has 0 radical (unpaired) electrons. The van der Waals surface area contributed by atoms with Gasteiger partial charge in [0.15, 0.2) is 11.6 Å². The van der Waals surface area contributed by atoms with Gasteiger partial charge in [-0.3, -0.25) is 0 Å². The Bertz CT molecular complexity index is 615. The summed E-state index contributed by atoms with van der Waals surface area (Å²) in [4.78, 5) is 0. The molecule has 0 fully saturated rings. The lowest BCUT2D eigenvalue weighted by Crippen LogP contribution is -1.95. The molecule has 0 aliphatic rings. The molecule has 2 aromatic rings. The summed E-state index contributed by atoms with van der Waals surface area (Å²) in [7, 11) is 0. The van der Waals surface area contributed by atoms with Crippen molar-refractivity contribution in [2.45, 2.75) is 13.5 Å². The molecule has 0 amide bonds. The Labute approximate surface area is 117 Å². The van der Waals surface area contributed by atoms with Crippen LogP contribution in [0.2, 0.25) is 0 Å². The first-order valence-electron chi connectivity index (χ1n) is 5.54. The normalized spacial score (nSPS) is 10.6. The standard InChI is InChI=1S/C14H11BrF2O2/c1-8-4-9(7-18)2-3-12(8)19-13-6-10(15)5-11(16)14(13)17/h2-6,18H,7H2,1H3. The zero-order valence-electron chi connectivity index (χ0n) is 10.1. The number of aliphatic hydroxyl groups excluding tert-OH is 1. The van der Waals surface area contributed by atoms with Gasteiger partial charge < -0.3 is 9.84 Å². The first-order valence-corrected chi connectivity index (χ1v) is 6.33. The number of aryl methyl sites for hydroxylation is 1. The Morgan fingerprint density at radius 2 is 1.89 bits per heavy atom. The van der Waals surface area contributed by atoms with E-state index in [9.17, 15) is 8.78 Å². The summed E-state index contributed by atoms with van der Waals surface area (Å²) in [6, 6.07) is 7.39. The third kappa shape index (κ3) is 3.11. The monoisotopic (exact) mass is 328 g/mol. The summed E-state index contributed by atoms with van der Waals surface area (Å²) < 4.78 is 32.6. The highest BCUT2D eigenvalue weighted by Crippen LogP contribution is 2.31. The average molecular weight is 329 g/mol. The van der Waals surface area contributed by atoms with Crippen molar-refractivity contribution in [3.8, 4) is 11.5 Å². The van der Waals surface area contributed by atoms with E-state index in [2.05, 4.69) is 15.9 Å². The van der Waals surface area contributed by atoms with E-state index in [4.69, 9.17) is 9.84 Å². The number of aliphatic hydroxyl groups is 1. The van der Waals surface area contributed by atoms with E-state index in [1.165, 1.54) is 6.07 Å². The van der Waals surface area contributed by atoms with Crippen molar-refractivity contribution < 1.29 is 18.6 Å². The maximum atomic E-state index is 13.6. The van der Waals surface area contributed by atoms with Crippen molar-refractivity contribution in [2.75, 3.05) is 0 Å². The van der Waals surface area contributed by atoms with Gasteiger partial charge in [-0.1, -0.05) is 28.1 Å². The van der Waals surface area contributed by atoms with Gasteiger partial charge >= 0.3 is 0 Å². The first kappa shape index (κ1) is 14.0. The lowest BCUT2D eigenvalue weighted by molar-refractivity contribution is 0.281. The Kier molecular flexibility index (Phi) is 4.17. The molecule has 0 heterocycles. The van der Waals surface area contributed by atoms with Crippen molar-refractivity contribution in [3.05, 3.63) is 57.6 Å². The van der Waals surface area contributed by atoms with Crippen LogP contribution in [0.5, 0.6) is 11.5 Å². The minimum Gasteiger partial charge on any atom is -0.454 e. The molecule has 0 saturated carbocycles. The highest BCUT2D eigenvalue weighted by atomic mass is 79.9. The molecule has 2 rings (SSSR count). The van der Waals surface area contributed by atoms with E-state index in [1.54, 1.807) is 25.1 Å². The second-order valence-electron chi connectivity index (χ2n) is 4.06. The maximum absolute atomic E-state index is 13.6. The van der Waals surface area contributed by atoms with E-state index < -0.39 is 11.6 Å². The molecule has 0 aliphatic heterocycles. The van der Waals surface area contributed by atoms with Crippen molar-refractivity contribution in [3.63, 3.8) is 0 Å². The molecule has 0 saturated heterocycles. The van der Waals surface area contributed by atoms with Crippen LogP contribution < -0.4 is 4.74 Å². The second kappa shape index (κ2) is 5.67. The molecule has 0 bridgehead atoms. The van der Waals surface area contributed by atoms with E-state index >= 15 is 0 Å². The van der Waals surface area contributed by atoms with Crippen LogP contribution >= 0.6 is 15.9 Å². The van der Waals surface area contributed by atoms with Crippen LogP contribution in [0.4, 0.5) is 8.78 Å². The van der Waals surface area contributed by atoms with Gasteiger partial charge in [0.1, 0.15) is 5.75 Å². The van der Waals surface area contributed by atoms with Crippen molar-refractivity contribution in [2.24, 2.45) is 0 Å². The molecule has 0 aromatic heterocycles. The van der Waals surface area contributed by atoms with Crippen LogP contribution in [0.1, 0.15) is 11.1 Å². The number of ether oxygens (including phenoxy) is 1. The largest absolute Gasteiger partial charge is 0.454 e. The number of hydrogen-bond acceptors (Lipinski definition) is 2. The lowest BCUT2D eigenvalue weighted by Gasteiger charge is -2.11. The predicted molar refractivity (Wildman–Crippen MR) is 71.2 cm³/mol. The van der Waals surface area contributed by atoms with Gasteiger partial charge in [-0.15, -0.1) is 0 Å². The summed E-state index contributed by atoms with van der Waals surface area (Å²) in [5.41, 5.74) is 1.46. The topological polar surface area (TPSA) is 29.5 Å². The van der Waals surface area contributed by atoms with Crippen LogP contribution in [0.3, 0.4) is 0 Å². The van der Waals surface area contributed by atoms with E-state index in [-0.39, 0.29) is 12.4 Å². The molecular weight excluding hydrogens is 318 g/mol. The summed E-state index contributed by atoms with van der Waals surface area (Å²) in [6.07, 6.45) is 0. The average Bonchev–Trinajstić information content (AvgIpc) is 2.37. The van der Waals surface area contributed by atoms with Crippen LogP contribution in [0, 0.1) is 18.6 Å². The quantitative estimate of drug-likeness (QED) is 0.850. The highest BCUT2D eigenvalue weighted by molar-refractivity contribution is 9.10. The van der Waals surface area contributed by atoms with Crippen molar-refractivity contribution in [1.82, 2.24) is 0 Å². The Morgan fingerprint density at radius 1 is 1.16 bits per heavy atom. The molecule has 2 aromatic carbocycles. The third-order valence-corrected chi connectivity index (χ3v) is 3.06. The molecule has 1 N–H and O–H groups in total. The number of halogens is 3. The predicted octanol–water partition coefficient (Wildman–Crippen LogP) is 4.32. The Morgan fingerprint density at radius 3 is 2.53 bits per heavy atom. The first-order chi connectivity index (χ1) is 9.01. The summed E-state index contributed by atoms with van der Waals surface area (Å²) >= 11 is 3.08. The van der Waals surface area contributed by atoms with Gasteiger partial charge in [0.25, 0.3) is 0 Å². The number of hydrogen-bond donors (Lipinski definition) is 1. The summed E-state index contributed by atoms with van der Waals surface area (Å²) in [6.45, 7) is 1.68. The Hall–Kier alpha value is -1.46. The van der Waals surface area contributed by atoms with Gasteiger partial charge in [-0.05, 0) is 36.2 Å². The summed E-state index contributed by atoms with van der Waals surface area (Å²) in [5, 5.41) is 9.00. The molecule has 0 atom stereocenters. The van der Waals surface area contributed by atoms with Crippen LogP contribution in [0.15, 0.2) is 34.8 Å². The minimum absolute atomic E-state index is 0.0823. The molecule has 5 heteroatoms. The van der Waals surface area contributed by atoms with Crippen LogP contribution in [0.25, 0.3) is 0 Å². The second-order valence-corrected chi connectivity index (χ2v) is 4.98. The minimum atomic E-state index is -1.03. The third-order valence-electron chi connectivity index (χ3n) is 2.60. The Balaban J connectivity index is 2.36. The zero-order valence-corrected chi connectivity index (χ0v) is 11.7. The van der Waals surface area contributed by atoms with E-state index in [0.717, 1.165) is 17.2 Å². The molecule has 0 unspecified atom stereocenters. The van der Waals surface area contributed by atoms with Gasteiger partial charge in [-0.25, -0.2) is 4.39 Å². The zero-order chi connectivity index (χ0) is 14.0. The summed E-state index contributed by atoms with van der Waals surface area (Å²) in [5.74, 6) is -1.79. The highest BCUT2D eigenvalue weighted by Gasteiger charge is 2.13. The van der Waals surface area contributed by atoms with Gasteiger partial charge in [0.2, 0.25) is 5.82 Å². The maximum Gasteiger partial charge on any atom is 0.201 e. The number of rotatable bonds is 3. The van der Waals surface area contributed by atoms with Gasteiger partial charge in [0, 0.05) is 4.47 Å². The van der Waals surface area contributed by atoms with Gasteiger partial charge in [0.05, 0.1) is 6.61 Å². The molecule has 19 heavy (non-hydrogen) atoms. The molecule has 100 valence electrons. The molecular formula is C14H11BrF2O2. The fourth-order valence-corrected chi connectivity index (χ4v) is 2.06. The van der Waals surface area contributed by atoms with Crippen LogP contribution in [-0.4, -0.2) is 5.11 Å². The molecule has 2 nitrogen and oxygen atoms in total. The SMILES string of the molecule is Cc1cc(CO)ccc1Oc1cc(Br)cc(F)c1F. The van der Waals surface area contributed by atoms with Crippen molar-refractivity contribution in [1.29, 1.82) is 0 Å². The van der Waals surface area contributed by atoms with E-state index in [0.29, 0.717) is 10.2 Å². The fourth-order valence-electron chi connectivity index (χ4n) is 1.65. The van der Waals surface area contributed by atoms with Crippen LogP contribution in [-0.2, 0) is 6.61 Å². The van der Waals surface area contributed by atoms with Crippen molar-refractivity contribution >= 4 is 15.9 Å². The van der Waals surface area contributed by atoms with E-state index in [1.807, 2.05) is 0 Å². The lowest BCUT2D eigenvalue weighted by atomic mass is 10.1.